The topological polar surface area (TPSA) is 36.9 Å². The van der Waals surface area contributed by atoms with Gasteiger partial charge in [-0.3, -0.25) is 0 Å². The van der Waals surface area contributed by atoms with Gasteiger partial charge in [-0.05, 0) is 56.7 Å². The van der Waals surface area contributed by atoms with Crippen LogP contribution in [0, 0.1) is 0 Å². The lowest BCUT2D eigenvalue weighted by Crippen LogP contribution is -2.22. The van der Waals surface area contributed by atoms with E-state index in [1.165, 1.54) is 0 Å². The molecule has 4 nitrogen and oxygen atoms in total. The molecule has 4 unspecified atom stereocenters. The van der Waals surface area contributed by atoms with Gasteiger partial charge in [0.25, 0.3) is 0 Å². The van der Waals surface area contributed by atoms with E-state index in [4.69, 9.17) is 30.5 Å². The van der Waals surface area contributed by atoms with Gasteiger partial charge in [-0.25, -0.2) is 0 Å². The fourth-order valence-electron chi connectivity index (χ4n) is 2.93. The first-order valence-electron chi connectivity index (χ1n) is 9.49. The molecule has 0 N–H and O–H groups in total. The van der Waals surface area contributed by atoms with Gasteiger partial charge in [0, 0.05) is 17.0 Å². The quantitative estimate of drug-likeness (QED) is 0.571. The Balaban J connectivity index is 1.46. The molecule has 0 bridgehead atoms. The highest BCUT2D eigenvalue weighted by Crippen LogP contribution is 2.30. The largest absolute Gasteiger partial charge is 0.491 e. The zero-order valence-electron chi connectivity index (χ0n) is 16.1. The maximum absolute atomic E-state index is 6.01. The average Bonchev–Trinajstić information content (AvgIpc) is 3.12. The molecule has 1 saturated heterocycles. The molecule has 146 valence electrons. The Morgan fingerprint density at radius 3 is 2.15 bits per heavy atom. The van der Waals surface area contributed by atoms with Gasteiger partial charge >= 0.3 is 0 Å². The van der Waals surface area contributed by atoms with Crippen molar-refractivity contribution in [2.45, 2.75) is 58.2 Å². The van der Waals surface area contributed by atoms with Crippen LogP contribution in [-0.2, 0) is 9.47 Å². The molecule has 1 aliphatic rings. The molecule has 3 rings (SSSR count). The lowest BCUT2D eigenvalue weighted by Gasteiger charge is -2.19. The maximum atomic E-state index is 6.01. The molecule has 0 aromatic heterocycles. The van der Waals surface area contributed by atoms with Crippen molar-refractivity contribution in [1.29, 1.82) is 0 Å². The SMILES string of the molecule is CCC(C)Oc1ccc(OC(C)CC2COC(c3ccc(Cl)cc3)O2)cc1. The van der Waals surface area contributed by atoms with Crippen LogP contribution in [0.5, 0.6) is 11.5 Å². The molecule has 2 aromatic rings. The van der Waals surface area contributed by atoms with Crippen molar-refractivity contribution >= 4 is 11.6 Å². The Bertz CT molecular complexity index is 701. The molecule has 0 saturated carbocycles. The molecular formula is C22H27ClO4. The Morgan fingerprint density at radius 2 is 1.56 bits per heavy atom. The number of halogens is 1. The third kappa shape index (κ3) is 5.86. The van der Waals surface area contributed by atoms with Crippen LogP contribution in [-0.4, -0.2) is 24.9 Å². The first kappa shape index (κ1) is 20.0. The van der Waals surface area contributed by atoms with Crippen LogP contribution in [0.1, 0.15) is 45.5 Å². The molecule has 5 heteroatoms. The minimum absolute atomic E-state index is 0.00804. The number of ether oxygens (including phenoxy) is 4. The zero-order valence-corrected chi connectivity index (χ0v) is 16.8. The van der Waals surface area contributed by atoms with Crippen molar-refractivity contribution in [3.8, 4) is 11.5 Å². The second-order valence-corrected chi connectivity index (χ2v) is 7.38. The summed E-state index contributed by atoms with van der Waals surface area (Å²) in [6.07, 6.45) is 1.64. The summed E-state index contributed by atoms with van der Waals surface area (Å²) in [4.78, 5) is 0. The third-order valence-corrected chi connectivity index (χ3v) is 4.81. The van der Waals surface area contributed by atoms with Crippen LogP contribution in [0.2, 0.25) is 5.02 Å². The predicted octanol–water partition coefficient (Wildman–Crippen LogP) is 5.79. The number of rotatable bonds is 8. The second kappa shape index (κ2) is 9.45. The highest BCUT2D eigenvalue weighted by atomic mass is 35.5. The molecule has 2 aromatic carbocycles. The van der Waals surface area contributed by atoms with Crippen LogP contribution in [0.3, 0.4) is 0 Å². The maximum Gasteiger partial charge on any atom is 0.184 e. The summed E-state index contributed by atoms with van der Waals surface area (Å²) in [6, 6.07) is 15.3. The minimum atomic E-state index is -0.337. The highest BCUT2D eigenvalue weighted by molar-refractivity contribution is 6.30. The monoisotopic (exact) mass is 390 g/mol. The minimum Gasteiger partial charge on any atom is -0.491 e. The standard InChI is InChI=1S/C22H27ClO4/c1-4-15(2)25-19-9-11-20(12-10-19)26-16(3)13-21-14-24-22(27-21)17-5-7-18(23)8-6-17/h5-12,15-16,21-22H,4,13-14H2,1-3H3. The van der Waals surface area contributed by atoms with Crippen molar-refractivity contribution in [3.05, 3.63) is 59.1 Å². The Morgan fingerprint density at radius 1 is 0.963 bits per heavy atom. The smallest absolute Gasteiger partial charge is 0.184 e. The average molecular weight is 391 g/mol. The van der Waals surface area contributed by atoms with Gasteiger partial charge in [-0.2, -0.15) is 0 Å². The summed E-state index contributed by atoms with van der Waals surface area (Å²) < 4.78 is 23.6. The summed E-state index contributed by atoms with van der Waals surface area (Å²) in [7, 11) is 0. The molecule has 4 atom stereocenters. The lowest BCUT2D eigenvalue weighted by atomic mass is 10.2. The van der Waals surface area contributed by atoms with Crippen LogP contribution >= 0.6 is 11.6 Å². The Kier molecular flexibility index (Phi) is 7.00. The molecule has 1 heterocycles. The van der Waals surface area contributed by atoms with Crippen molar-refractivity contribution in [1.82, 2.24) is 0 Å². The van der Waals surface area contributed by atoms with E-state index >= 15 is 0 Å². The van der Waals surface area contributed by atoms with Crippen molar-refractivity contribution in [2.24, 2.45) is 0 Å². The Labute approximate surface area is 166 Å². The summed E-state index contributed by atoms with van der Waals surface area (Å²) in [5.41, 5.74) is 0.979. The highest BCUT2D eigenvalue weighted by Gasteiger charge is 2.29. The molecule has 1 fully saturated rings. The summed E-state index contributed by atoms with van der Waals surface area (Å²) in [5, 5.41) is 0.705. The van der Waals surface area contributed by atoms with E-state index in [9.17, 15) is 0 Å². The van der Waals surface area contributed by atoms with E-state index in [2.05, 4.69) is 13.8 Å². The van der Waals surface area contributed by atoms with E-state index in [1.807, 2.05) is 55.5 Å². The molecule has 0 radical (unpaired) electrons. The van der Waals surface area contributed by atoms with Gasteiger partial charge in [-0.15, -0.1) is 0 Å². The van der Waals surface area contributed by atoms with Gasteiger partial charge in [-0.1, -0.05) is 30.7 Å². The molecule has 0 spiro atoms. The number of hydrogen-bond acceptors (Lipinski definition) is 4. The van der Waals surface area contributed by atoms with E-state index in [0.717, 1.165) is 29.9 Å². The molecule has 1 aliphatic heterocycles. The molecule has 0 amide bonds. The third-order valence-electron chi connectivity index (χ3n) is 4.56. The van der Waals surface area contributed by atoms with E-state index < -0.39 is 0 Å². The van der Waals surface area contributed by atoms with Crippen LogP contribution in [0.25, 0.3) is 0 Å². The summed E-state index contributed by atoms with van der Waals surface area (Å²) in [6.45, 7) is 6.77. The summed E-state index contributed by atoms with van der Waals surface area (Å²) >= 11 is 5.93. The van der Waals surface area contributed by atoms with Crippen LogP contribution in [0.15, 0.2) is 48.5 Å². The zero-order chi connectivity index (χ0) is 19.2. The second-order valence-electron chi connectivity index (χ2n) is 6.95. The van der Waals surface area contributed by atoms with Crippen LogP contribution in [0.4, 0.5) is 0 Å². The predicted molar refractivity (Wildman–Crippen MR) is 107 cm³/mol. The van der Waals surface area contributed by atoms with Crippen molar-refractivity contribution in [2.75, 3.05) is 6.61 Å². The number of benzene rings is 2. The molecular weight excluding hydrogens is 364 g/mol. The van der Waals surface area contributed by atoms with Gasteiger partial charge in [0.15, 0.2) is 6.29 Å². The normalized spacial score (nSPS) is 21.6. The first-order valence-corrected chi connectivity index (χ1v) is 9.87. The van der Waals surface area contributed by atoms with Crippen molar-refractivity contribution in [3.63, 3.8) is 0 Å². The fourth-order valence-corrected chi connectivity index (χ4v) is 3.06. The van der Waals surface area contributed by atoms with E-state index in [0.29, 0.717) is 11.6 Å². The molecule has 0 aliphatic carbocycles. The molecule has 27 heavy (non-hydrogen) atoms. The lowest BCUT2D eigenvalue weighted by molar-refractivity contribution is -0.0647. The van der Waals surface area contributed by atoms with Gasteiger partial charge in [0.1, 0.15) is 11.5 Å². The van der Waals surface area contributed by atoms with Crippen molar-refractivity contribution < 1.29 is 18.9 Å². The van der Waals surface area contributed by atoms with Gasteiger partial charge in [0.2, 0.25) is 0 Å². The van der Waals surface area contributed by atoms with Gasteiger partial charge in [0.05, 0.1) is 24.9 Å². The number of hydrogen-bond donors (Lipinski definition) is 0. The first-order chi connectivity index (χ1) is 13.0. The van der Waals surface area contributed by atoms with Crippen LogP contribution < -0.4 is 9.47 Å². The summed E-state index contributed by atoms with van der Waals surface area (Å²) in [5.74, 6) is 1.69. The van der Waals surface area contributed by atoms with Gasteiger partial charge < -0.3 is 18.9 Å². The van der Waals surface area contributed by atoms with E-state index in [1.54, 1.807) is 0 Å². The Hall–Kier alpha value is -1.75. The van der Waals surface area contributed by atoms with E-state index in [-0.39, 0.29) is 24.6 Å². The fraction of sp³-hybridized carbons (Fsp3) is 0.455.